The van der Waals surface area contributed by atoms with Crippen LogP contribution in [0.1, 0.15) is 39.0 Å². The summed E-state index contributed by atoms with van der Waals surface area (Å²) in [6, 6.07) is 0. The lowest BCUT2D eigenvalue weighted by Gasteiger charge is -2.25. The van der Waals surface area contributed by atoms with E-state index in [0.29, 0.717) is 5.82 Å². The van der Waals surface area contributed by atoms with Crippen molar-refractivity contribution in [3.05, 3.63) is 69.8 Å². The van der Waals surface area contributed by atoms with Crippen molar-refractivity contribution >= 4 is 21.5 Å². The third-order valence-electron chi connectivity index (χ3n) is 5.47. The monoisotopic (exact) mass is 348 g/mol. The third-order valence-corrected chi connectivity index (χ3v) is 5.47. The number of hydrogen-bond acceptors (Lipinski definition) is 3. The van der Waals surface area contributed by atoms with Crippen molar-refractivity contribution < 1.29 is 14.3 Å². The Morgan fingerprint density at radius 3 is 2.19 bits per heavy atom. The smallest absolute Gasteiger partial charge is 0.185 e. The second-order valence-corrected chi connectivity index (χ2v) is 7.38. The fraction of sp³-hybridized carbons (Fsp3) is 0.381. The van der Waals surface area contributed by atoms with Gasteiger partial charge in [-0.2, -0.15) is 0 Å². The van der Waals surface area contributed by atoms with Gasteiger partial charge < -0.3 is 9.47 Å². The summed E-state index contributed by atoms with van der Waals surface area (Å²) in [5.74, 6) is 3.63. The molecule has 0 aromatic carbocycles. The molecule has 0 spiro atoms. The Balaban J connectivity index is 1.68. The van der Waals surface area contributed by atoms with E-state index in [1.54, 1.807) is 7.11 Å². The zero-order valence-electron chi connectivity index (χ0n) is 16.2. The second-order valence-electron chi connectivity index (χ2n) is 7.38. The average Bonchev–Trinajstić information content (AvgIpc) is 2.66. The molecule has 3 rings (SSSR count). The van der Waals surface area contributed by atoms with Gasteiger partial charge in [0.2, 0.25) is 0 Å². The molecule has 0 aliphatic heterocycles. The van der Waals surface area contributed by atoms with E-state index in [2.05, 4.69) is 28.7 Å². The van der Waals surface area contributed by atoms with Crippen molar-refractivity contribution in [2.24, 2.45) is 0 Å². The lowest BCUT2D eigenvalue weighted by Crippen LogP contribution is -2.13. The first-order chi connectivity index (χ1) is 12.5. The van der Waals surface area contributed by atoms with Gasteiger partial charge in [0, 0.05) is 30.4 Å². The quantitative estimate of drug-likeness (QED) is 0.717. The number of hydrogen-bond donors (Lipinski definition) is 0. The molecule has 0 amide bonds. The van der Waals surface area contributed by atoms with Gasteiger partial charge in [0.1, 0.15) is 21.5 Å². The van der Waals surface area contributed by atoms with Crippen LogP contribution in [0.25, 0.3) is 0 Å². The van der Waals surface area contributed by atoms with Crippen molar-refractivity contribution in [3.63, 3.8) is 0 Å². The molecule has 0 aromatic rings. The molecule has 0 fully saturated rings. The van der Waals surface area contributed by atoms with Crippen LogP contribution in [0.15, 0.2) is 69.8 Å². The molecule has 26 heavy (non-hydrogen) atoms. The number of ketones is 1. The lowest BCUT2D eigenvalue weighted by atomic mass is 9.71. The summed E-state index contributed by atoms with van der Waals surface area (Å²) >= 11 is 0. The SMILES string of the molecule is BC1=C(OC2=CC=C(C(=O)C3=CC=C(OC)CC3)CC2)CC(B)C(C)=C1. The predicted molar refractivity (Wildman–Crippen MR) is 110 cm³/mol. The number of carbonyl (C=O) groups is 1. The average molecular weight is 348 g/mol. The Morgan fingerprint density at radius 1 is 1.04 bits per heavy atom. The maximum absolute atomic E-state index is 12.7. The minimum atomic E-state index is 0.159. The van der Waals surface area contributed by atoms with Crippen LogP contribution in [0.3, 0.4) is 0 Å². The number of ether oxygens (including phenoxy) is 2. The predicted octanol–water partition coefficient (Wildman–Crippen LogP) is 3.04. The Bertz CT molecular complexity index is 794. The fourth-order valence-electron chi connectivity index (χ4n) is 3.52. The zero-order valence-corrected chi connectivity index (χ0v) is 16.2. The molecule has 1 atom stereocenters. The molecule has 0 saturated carbocycles. The van der Waals surface area contributed by atoms with E-state index in [1.807, 2.05) is 24.3 Å². The number of carbonyl (C=O) groups excluding carboxylic acids is 1. The molecule has 134 valence electrons. The van der Waals surface area contributed by atoms with Crippen LogP contribution in [-0.2, 0) is 14.3 Å². The van der Waals surface area contributed by atoms with Gasteiger partial charge in [0.15, 0.2) is 5.78 Å². The van der Waals surface area contributed by atoms with Gasteiger partial charge in [0.05, 0.1) is 18.6 Å². The summed E-state index contributed by atoms with van der Waals surface area (Å²) in [5.41, 5.74) is 4.36. The van der Waals surface area contributed by atoms with Gasteiger partial charge in [-0.25, -0.2) is 0 Å². The van der Waals surface area contributed by atoms with Crippen molar-refractivity contribution in [2.45, 2.75) is 44.8 Å². The first-order valence-corrected chi connectivity index (χ1v) is 9.42. The number of Topliss-reactive ketones (excluding diaryl/α,β-unsaturated/α-hetero) is 1. The van der Waals surface area contributed by atoms with Crippen LogP contribution in [0.4, 0.5) is 0 Å². The summed E-state index contributed by atoms with van der Waals surface area (Å²) in [5, 5.41) is 0. The summed E-state index contributed by atoms with van der Waals surface area (Å²) < 4.78 is 11.4. The summed E-state index contributed by atoms with van der Waals surface area (Å²) in [7, 11) is 6.01. The summed E-state index contributed by atoms with van der Waals surface area (Å²) in [6.07, 6.45) is 13.9. The van der Waals surface area contributed by atoms with Gasteiger partial charge in [-0.3, -0.25) is 4.79 Å². The molecule has 5 heteroatoms. The zero-order chi connectivity index (χ0) is 18.7. The number of methoxy groups -OCH3 is 1. The maximum Gasteiger partial charge on any atom is 0.185 e. The number of allylic oxidation sites excluding steroid dienone is 12. The van der Waals surface area contributed by atoms with Gasteiger partial charge in [-0.05, 0) is 37.7 Å². The van der Waals surface area contributed by atoms with Gasteiger partial charge >= 0.3 is 0 Å². The van der Waals surface area contributed by atoms with Crippen LogP contribution in [0, 0.1) is 0 Å². The van der Waals surface area contributed by atoms with E-state index in [4.69, 9.17) is 9.47 Å². The molecule has 0 bridgehead atoms. The highest BCUT2D eigenvalue weighted by Crippen LogP contribution is 2.34. The minimum Gasteiger partial charge on any atom is -0.501 e. The van der Waals surface area contributed by atoms with Gasteiger partial charge in [-0.15, -0.1) is 0 Å². The normalized spacial score (nSPS) is 23.3. The Kier molecular flexibility index (Phi) is 5.75. The van der Waals surface area contributed by atoms with Crippen molar-refractivity contribution in [1.82, 2.24) is 0 Å². The van der Waals surface area contributed by atoms with Gasteiger partial charge in [-0.1, -0.05) is 29.3 Å². The van der Waals surface area contributed by atoms with Crippen LogP contribution in [-0.4, -0.2) is 28.6 Å². The second kappa shape index (κ2) is 8.03. The molecule has 0 N–H and O–H groups in total. The third kappa shape index (κ3) is 4.14. The highest BCUT2D eigenvalue weighted by molar-refractivity contribution is 6.24. The fourth-order valence-corrected chi connectivity index (χ4v) is 3.52. The molecular weight excluding hydrogens is 322 g/mol. The van der Waals surface area contributed by atoms with Crippen LogP contribution < -0.4 is 0 Å². The standard InChI is InChI=1S/C21H26B2O3/c1-13-11-19(23)20(12-18(13)22)26-17-9-5-15(6-10-17)21(24)14-3-7-16(25-2)8-4-14/h3,5,7,9,11,18H,4,6,8,10,12,22-23H2,1-2H3. The summed E-state index contributed by atoms with van der Waals surface area (Å²) in [4.78, 5) is 12.7. The van der Waals surface area contributed by atoms with E-state index in [-0.39, 0.29) is 5.78 Å². The highest BCUT2D eigenvalue weighted by Gasteiger charge is 2.22. The van der Waals surface area contributed by atoms with Gasteiger partial charge in [0.25, 0.3) is 0 Å². The molecule has 0 aromatic heterocycles. The summed E-state index contributed by atoms with van der Waals surface area (Å²) in [6.45, 7) is 2.18. The molecule has 3 aliphatic carbocycles. The van der Waals surface area contributed by atoms with E-state index in [9.17, 15) is 4.79 Å². The first kappa shape index (κ1) is 18.6. The molecule has 3 nitrogen and oxygen atoms in total. The topological polar surface area (TPSA) is 35.5 Å². The first-order valence-electron chi connectivity index (χ1n) is 9.42. The Morgan fingerprint density at radius 2 is 1.65 bits per heavy atom. The van der Waals surface area contributed by atoms with E-state index in [1.165, 1.54) is 11.0 Å². The molecule has 0 radical (unpaired) electrons. The van der Waals surface area contributed by atoms with Crippen LogP contribution in [0.5, 0.6) is 0 Å². The largest absolute Gasteiger partial charge is 0.501 e. The van der Waals surface area contributed by atoms with E-state index >= 15 is 0 Å². The molecular formula is C21H26B2O3. The molecule has 0 saturated heterocycles. The van der Waals surface area contributed by atoms with Crippen LogP contribution >= 0.6 is 0 Å². The van der Waals surface area contributed by atoms with E-state index in [0.717, 1.165) is 60.5 Å². The molecule has 1 unspecified atom stereocenters. The highest BCUT2D eigenvalue weighted by atomic mass is 16.5. The van der Waals surface area contributed by atoms with Crippen molar-refractivity contribution in [3.8, 4) is 0 Å². The maximum atomic E-state index is 12.7. The van der Waals surface area contributed by atoms with Crippen molar-refractivity contribution in [2.75, 3.05) is 7.11 Å². The molecule has 3 aliphatic rings. The molecule has 0 heterocycles. The number of rotatable bonds is 5. The minimum absolute atomic E-state index is 0.159. The van der Waals surface area contributed by atoms with Crippen molar-refractivity contribution in [1.29, 1.82) is 0 Å². The Labute approximate surface area is 158 Å². The lowest BCUT2D eigenvalue weighted by molar-refractivity contribution is -0.112. The van der Waals surface area contributed by atoms with E-state index < -0.39 is 0 Å². The van der Waals surface area contributed by atoms with Crippen LogP contribution in [0.2, 0.25) is 5.82 Å². The Hall–Kier alpha value is -2.16.